The topological polar surface area (TPSA) is 48.9 Å². The Labute approximate surface area is 122 Å². The Kier molecular flexibility index (Phi) is 4.91. The van der Waals surface area contributed by atoms with Crippen molar-refractivity contribution in [2.75, 3.05) is 52.5 Å². The minimum absolute atomic E-state index is 0.168. The standard InChI is InChI=1S/C15H28N4O/c1-2-4-15(5-3-1)14(16-6-7-18-15)17-8-9-19-10-12-20-13-11-19/h18H,1-13H2,(H,16,17). The van der Waals surface area contributed by atoms with Crippen LogP contribution in [-0.4, -0.2) is 68.8 Å². The van der Waals surface area contributed by atoms with Gasteiger partial charge in [0, 0.05) is 32.7 Å². The molecule has 0 aromatic rings. The lowest BCUT2D eigenvalue weighted by Gasteiger charge is -2.42. The SMILES string of the molecule is C1CCC2(CC1)NCCN=C2NCCN1CCOCC1. The summed E-state index contributed by atoms with van der Waals surface area (Å²) in [4.78, 5) is 7.26. The second-order valence-corrected chi connectivity index (χ2v) is 6.18. The highest BCUT2D eigenvalue weighted by atomic mass is 16.5. The van der Waals surface area contributed by atoms with Gasteiger partial charge in [0.25, 0.3) is 0 Å². The van der Waals surface area contributed by atoms with Gasteiger partial charge in [0.1, 0.15) is 5.84 Å². The van der Waals surface area contributed by atoms with E-state index in [2.05, 4.69) is 15.5 Å². The average Bonchev–Trinajstić information content (AvgIpc) is 2.51. The maximum atomic E-state index is 5.39. The van der Waals surface area contributed by atoms with E-state index < -0.39 is 0 Å². The molecule has 1 saturated carbocycles. The third-order valence-electron chi connectivity index (χ3n) is 4.83. The molecule has 3 rings (SSSR count). The molecule has 2 heterocycles. The van der Waals surface area contributed by atoms with Crippen molar-refractivity contribution in [1.82, 2.24) is 15.5 Å². The summed E-state index contributed by atoms with van der Waals surface area (Å²) in [5.74, 6) is 1.23. The lowest BCUT2D eigenvalue weighted by Crippen LogP contribution is -2.61. The van der Waals surface area contributed by atoms with Crippen LogP contribution < -0.4 is 10.6 Å². The fourth-order valence-electron chi connectivity index (χ4n) is 3.65. The Morgan fingerprint density at radius 3 is 2.80 bits per heavy atom. The van der Waals surface area contributed by atoms with E-state index in [4.69, 9.17) is 9.73 Å². The van der Waals surface area contributed by atoms with Crippen molar-refractivity contribution < 1.29 is 4.74 Å². The highest BCUT2D eigenvalue weighted by Gasteiger charge is 2.38. The fraction of sp³-hybridized carbons (Fsp3) is 0.933. The van der Waals surface area contributed by atoms with E-state index in [1.807, 2.05) is 0 Å². The van der Waals surface area contributed by atoms with E-state index >= 15 is 0 Å². The predicted molar refractivity (Wildman–Crippen MR) is 81.4 cm³/mol. The molecule has 1 aliphatic carbocycles. The largest absolute Gasteiger partial charge is 0.379 e. The molecule has 5 nitrogen and oxygen atoms in total. The van der Waals surface area contributed by atoms with Crippen LogP contribution in [-0.2, 0) is 4.74 Å². The summed E-state index contributed by atoms with van der Waals surface area (Å²) >= 11 is 0. The highest BCUT2D eigenvalue weighted by Crippen LogP contribution is 2.30. The van der Waals surface area contributed by atoms with Gasteiger partial charge in [-0.05, 0) is 12.8 Å². The molecule has 114 valence electrons. The Balaban J connectivity index is 1.50. The lowest BCUT2D eigenvalue weighted by atomic mass is 9.79. The summed E-state index contributed by atoms with van der Waals surface area (Å²) in [7, 11) is 0. The van der Waals surface area contributed by atoms with Crippen molar-refractivity contribution >= 4 is 5.84 Å². The Hall–Kier alpha value is -0.650. The van der Waals surface area contributed by atoms with Gasteiger partial charge in [-0.1, -0.05) is 19.3 Å². The van der Waals surface area contributed by atoms with E-state index in [9.17, 15) is 0 Å². The first-order valence-electron chi connectivity index (χ1n) is 8.23. The summed E-state index contributed by atoms with van der Waals surface area (Å²) in [6.07, 6.45) is 6.53. The highest BCUT2D eigenvalue weighted by molar-refractivity contribution is 5.92. The molecule has 3 aliphatic rings. The van der Waals surface area contributed by atoms with Gasteiger partial charge in [-0.2, -0.15) is 0 Å². The lowest BCUT2D eigenvalue weighted by molar-refractivity contribution is 0.0388. The van der Waals surface area contributed by atoms with Crippen LogP contribution in [0.3, 0.4) is 0 Å². The molecule has 20 heavy (non-hydrogen) atoms. The van der Waals surface area contributed by atoms with Crippen LogP contribution in [0.1, 0.15) is 32.1 Å². The molecular weight excluding hydrogens is 252 g/mol. The third kappa shape index (κ3) is 3.32. The minimum atomic E-state index is 0.168. The third-order valence-corrected chi connectivity index (χ3v) is 4.83. The second-order valence-electron chi connectivity index (χ2n) is 6.18. The van der Waals surface area contributed by atoms with Crippen molar-refractivity contribution in [1.29, 1.82) is 0 Å². The van der Waals surface area contributed by atoms with Gasteiger partial charge in [-0.15, -0.1) is 0 Å². The van der Waals surface area contributed by atoms with Crippen LogP contribution in [0.2, 0.25) is 0 Å². The summed E-state index contributed by atoms with van der Waals surface area (Å²) in [5, 5.41) is 7.38. The normalized spacial score (nSPS) is 27.3. The van der Waals surface area contributed by atoms with Gasteiger partial charge in [-0.3, -0.25) is 9.89 Å². The number of hydrogen-bond acceptors (Lipinski definition) is 5. The number of morpholine rings is 1. The van der Waals surface area contributed by atoms with Gasteiger partial charge >= 0.3 is 0 Å². The smallest absolute Gasteiger partial charge is 0.117 e. The minimum Gasteiger partial charge on any atom is -0.379 e. The van der Waals surface area contributed by atoms with Crippen LogP contribution in [0.5, 0.6) is 0 Å². The number of amidine groups is 1. The van der Waals surface area contributed by atoms with Crippen molar-refractivity contribution in [3.8, 4) is 0 Å². The first-order valence-corrected chi connectivity index (χ1v) is 8.23. The molecule has 5 heteroatoms. The maximum absolute atomic E-state index is 5.39. The molecule has 0 aromatic heterocycles. The van der Waals surface area contributed by atoms with E-state index in [1.165, 1.54) is 37.9 Å². The van der Waals surface area contributed by atoms with Gasteiger partial charge in [0.05, 0.1) is 25.3 Å². The molecule has 0 atom stereocenters. The molecule has 2 fully saturated rings. The average molecular weight is 280 g/mol. The number of aliphatic imine (C=N–C) groups is 1. The first kappa shape index (κ1) is 14.3. The van der Waals surface area contributed by atoms with Gasteiger partial charge in [0.2, 0.25) is 0 Å². The molecule has 0 unspecified atom stereocenters. The maximum Gasteiger partial charge on any atom is 0.117 e. The van der Waals surface area contributed by atoms with Crippen LogP contribution in [0.4, 0.5) is 0 Å². The van der Waals surface area contributed by atoms with Crippen molar-refractivity contribution in [2.24, 2.45) is 4.99 Å². The number of nitrogens with zero attached hydrogens (tertiary/aromatic N) is 2. The monoisotopic (exact) mass is 280 g/mol. The Morgan fingerprint density at radius 2 is 2.00 bits per heavy atom. The van der Waals surface area contributed by atoms with Gasteiger partial charge < -0.3 is 15.4 Å². The quantitative estimate of drug-likeness (QED) is 0.795. The molecule has 1 spiro atoms. The van der Waals surface area contributed by atoms with Gasteiger partial charge in [0.15, 0.2) is 0 Å². The van der Waals surface area contributed by atoms with Crippen molar-refractivity contribution in [3.63, 3.8) is 0 Å². The molecule has 0 aromatic carbocycles. The summed E-state index contributed by atoms with van der Waals surface area (Å²) in [6.45, 7) is 7.95. The van der Waals surface area contributed by atoms with E-state index in [0.29, 0.717) is 0 Å². The fourth-order valence-corrected chi connectivity index (χ4v) is 3.65. The van der Waals surface area contributed by atoms with E-state index in [0.717, 1.165) is 52.5 Å². The van der Waals surface area contributed by atoms with Crippen LogP contribution in [0, 0.1) is 0 Å². The van der Waals surface area contributed by atoms with Gasteiger partial charge in [-0.25, -0.2) is 0 Å². The number of nitrogens with one attached hydrogen (secondary N) is 2. The van der Waals surface area contributed by atoms with E-state index in [1.54, 1.807) is 0 Å². The summed E-state index contributed by atoms with van der Waals surface area (Å²) in [5.41, 5.74) is 0.168. The molecule has 1 saturated heterocycles. The molecule has 0 radical (unpaired) electrons. The molecule has 2 aliphatic heterocycles. The number of rotatable bonds is 3. The zero-order valence-corrected chi connectivity index (χ0v) is 12.5. The van der Waals surface area contributed by atoms with Crippen molar-refractivity contribution in [2.45, 2.75) is 37.6 Å². The summed E-state index contributed by atoms with van der Waals surface area (Å²) in [6, 6.07) is 0. The van der Waals surface area contributed by atoms with Crippen LogP contribution in [0.25, 0.3) is 0 Å². The first-order chi connectivity index (χ1) is 9.89. The molecule has 0 bridgehead atoms. The Morgan fingerprint density at radius 1 is 1.20 bits per heavy atom. The molecule has 0 amide bonds. The predicted octanol–water partition coefficient (Wildman–Crippen LogP) is 0.613. The zero-order valence-electron chi connectivity index (χ0n) is 12.5. The summed E-state index contributed by atoms with van der Waals surface area (Å²) < 4.78 is 5.39. The zero-order chi connectivity index (χ0) is 13.7. The van der Waals surface area contributed by atoms with Crippen molar-refractivity contribution in [3.05, 3.63) is 0 Å². The van der Waals surface area contributed by atoms with E-state index in [-0.39, 0.29) is 5.54 Å². The molecular formula is C15H28N4O. The number of hydrogen-bond donors (Lipinski definition) is 2. The van der Waals surface area contributed by atoms with Crippen LogP contribution >= 0.6 is 0 Å². The second kappa shape index (κ2) is 6.87. The molecule has 2 N–H and O–H groups in total. The van der Waals surface area contributed by atoms with Crippen LogP contribution in [0.15, 0.2) is 4.99 Å². The Bertz CT molecular complexity index is 333. The number of ether oxygens (including phenoxy) is 1.